The average Bonchev–Trinajstić information content (AvgIpc) is 1.84. The van der Waals surface area contributed by atoms with Gasteiger partial charge in [-0.25, -0.2) is 0 Å². The molecule has 0 radical (unpaired) electrons. The van der Waals surface area contributed by atoms with Gasteiger partial charge in [0.1, 0.15) is 0 Å². The van der Waals surface area contributed by atoms with E-state index >= 15 is 0 Å². The van der Waals surface area contributed by atoms with Crippen LogP contribution in [0.4, 0.5) is 0 Å². The Bertz CT molecular complexity index is 232. The Balaban J connectivity index is 4.91. The molecule has 12 heavy (non-hydrogen) atoms. The van der Waals surface area contributed by atoms with Crippen molar-refractivity contribution in [3.8, 4) is 12.3 Å². The van der Waals surface area contributed by atoms with E-state index in [1.54, 1.807) is 0 Å². The maximum atomic E-state index is 10.5. The van der Waals surface area contributed by atoms with E-state index in [1.807, 2.05) is 0 Å². The summed E-state index contributed by atoms with van der Waals surface area (Å²) in [6.45, 7) is 2.81. The van der Waals surface area contributed by atoms with Gasteiger partial charge < -0.3 is 10.2 Å². The molecule has 0 spiro atoms. The highest BCUT2D eigenvalue weighted by atomic mass is 16.4. The lowest BCUT2D eigenvalue weighted by Gasteiger charge is -2.21. The van der Waals surface area contributed by atoms with E-state index in [0.29, 0.717) is 0 Å². The molecular weight excluding hydrogens is 160 g/mol. The molecule has 0 heterocycles. The largest absolute Gasteiger partial charge is 0.481 e. The number of hydrogen-bond donors (Lipinski definition) is 2. The minimum Gasteiger partial charge on any atom is -0.481 e. The number of terminal acetylenes is 1. The van der Waals surface area contributed by atoms with E-state index in [1.165, 1.54) is 13.8 Å². The predicted molar refractivity (Wildman–Crippen MR) is 41.4 cm³/mol. The smallest absolute Gasteiger partial charge is 0.319 e. The van der Waals surface area contributed by atoms with Crippen LogP contribution in [0.5, 0.6) is 0 Å². The van der Waals surface area contributed by atoms with Crippen LogP contribution in [0.3, 0.4) is 0 Å². The van der Waals surface area contributed by atoms with E-state index in [2.05, 4.69) is 5.92 Å². The first-order valence-corrected chi connectivity index (χ1v) is 3.26. The summed E-state index contributed by atoms with van der Waals surface area (Å²) in [6, 6.07) is 0. The quantitative estimate of drug-likeness (QED) is 0.475. The third-order valence-corrected chi connectivity index (χ3v) is 1.59. The van der Waals surface area contributed by atoms with Crippen LogP contribution in [0.2, 0.25) is 0 Å². The van der Waals surface area contributed by atoms with Gasteiger partial charge in [0.2, 0.25) is 0 Å². The van der Waals surface area contributed by atoms with Crippen LogP contribution in [0.25, 0.3) is 0 Å². The second kappa shape index (κ2) is 3.26. The van der Waals surface area contributed by atoms with E-state index in [0.717, 1.165) is 0 Å². The van der Waals surface area contributed by atoms with Crippen molar-refractivity contribution < 1.29 is 19.8 Å². The van der Waals surface area contributed by atoms with Crippen LogP contribution in [-0.2, 0) is 9.59 Å². The van der Waals surface area contributed by atoms with Gasteiger partial charge >= 0.3 is 11.9 Å². The molecule has 0 fully saturated rings. The zero-order valence-electron chi connectivity index (χ0n) is 6.87. The Labute approximate surface area is 70.2 Å². The van der Waals surface area contributed by atoms with Crippen molar-refractivity contribution in [3.63, 3.8) is 0 Å². The number of carboxylic acids is 2. The highest BCUT2D eigenvalue weighted by molar-refractivity contribution is 5.94. The van der Waals surface area contributed by atoms with Gasteiger partial charge in [-0.3, -0.25) is 9.59 Å². The molecule has 0 aliphatic rings. The van der Waals surface area contributed by atoms with Crippen LogP contribution >= 0.6 is 0 Å². The first-order valence-electron chi connectivity index (χ1n) is 3.26. The maximum absolute atomic E-state index is 10.5. The van der Waals surface area contributed by atoms with Crippen LogP contribution in [0.1, 0.15) is 13.8 Å². The monoisotopic (exact) mass is 170 g/mol. The molecule has 0 aromatic rings. The zero-order valence-corrected chi connectivity index (χ0v) is 6.87. The molecule has 0 unspecified atom stereocenters. The Hall–Kier alpha value is -1.50. The maximum Gasteiger partial charge on any atom is 0.319 e. The van der Waals surface area contributed by atoms with Crippen molar-refractivity contribution in [2.45, 2.75) is 13.8 Å². The molecule has 0 saturated carbocycles. The fraction of sp³-hybridized carbons (Fsp3) is 0.500. The highest BCUT2D eigenvalue weighted by Gasteiger charge is 2.39. The van der Waals surface area contributed by atoms with E-state index in [-0.39, 0.29) is 0 Å². The summed E-state index contributed by atoms with van der Waals surface area (Å²) in [7, 11) is 0. The minimum atomic E-state index is -1.55. The molecule has 0 aliphatic heterocycles. The molecule has 0 aliphatic carbocycles. The highest BCUT2D eigenvalue weighted by Crippen LogP contribution is 2.26. The van der Waals surface area contributed by atoms with Crippen LogP contribution in [0.15, 0.2) is 0 Å². The van der Waals surface area contributed by atoms with Crippen molar-refractivity contribution in [1.82, 2.24) is 0 Å². The Morgan fingerprint density at radius 2 is 1.67 bits per heavy atom. The van der Waals surface area contributed by atoms with Gasteiger partial charge in [-0.05, 0) is 13.8 Å². The summed E-state index contributed by atoms with van der Waals surface area (Å²) in [5, 5.41) is 17.1. The van der Waals surface area contributed by atoms with Crippen LogP contribution in [-0.4, -0.2) is 22.2 Å². The molecule has 0 rings (SSSR count). The van der Waals surface area contributed by atoms with Gasteiger partial charge in [0.15, 0.2) is 5.92 Å². The standard InChI is InChI=1S/C8H10O4/c1-4-8(2,3)5(6(9)10)7(11)12/h1,5H,2-3H3,(H,9,10)(H,11,12). The molecule has 0 amide bonds. The molecule has 0 saturated heterocycles. The second-order valence-electron chi connectivity index (χ2n) is 2.98. The van der Waals surface area contributed by atoms with Crippen molar-refractivity contribution >= 4 is 11.9 Å². The van der Waals surface area contributed by atoms with Gasteiger partial charge in [-0.15, -0.1) is 6.42 Å². The summed E-state index contributed by atoms with van der Waals surface area (Å²) in [5.74, 6) is -2.23. The normalized spacial score (nSPS) is 10.8. The van der Waals surface area contributed by atoms with Crippen molar-refractivity contribution in [3.05, 3.63) is 0 Å². The Morgan fingerprint density at radius 1 is 1.33 bits per heavy atom. The lowest BCUT2D eigenvalue weighted by Crippen LogP contribution is -2.36. The predicted octanol–water partition coefficient (Wildman–Crippen LogP) is 0.431. The summed E-state index contributed by atoms with van der Waals surface area (Å²) in [5.41, 5.74) is -1.17. The van der Waals surface area contributed by atoms with Gasteiger partial charge in [-0.2, -0.15) is 0 Å². The molecular formula is C8H10O4. The van der Waals surface area contributed by atoms with Gasteiger partial charge in [0, 0.05) is 5.41 Å². The summed E-state index contributed by atoms with van der Waals surface area (Å²) < 4.78 is 0. The third-order valence-electron chi connectivity index (χ3n) is 1.59. The van der Waals surface area contributed by atoms with Crippen molar-refractivity contribution in [2.24, 2.45) is 11.3 Å². The number of aliphatic carboxylic acids is 2. The molecule has 0 bridgehead atoms. The molecule has 2 N–H and O–H groups in total. The topological polar surface area (TPSA) is 74.6 Å². The molecule has 4 heteroatoms. The summed E-state index contributed by atoms with van der Waals surface area (Å²) in [4.78, 5) is 20.9. The van der Waals surface area contributed by atoms with Gasteiger partial charge in [0.05, 0.1) is 0 Å². The van der Waals surface area contributed by atoms with E-state index in [9.17, 15) is 9.59 Å². The summed E-state index contributed by atoms with van der Waals surface area (Å²) in [6.07, 6.45) is 5.01. The number of rotatable bonds is 3. The number of hydrogen-bond acceptors (Lipinski definition) is 2. The first kappa shape index (κ1) is 10.5. The lowest BCUT2D eigenvalue weighted by molar-refractivity contribution is -0.158. The molecule has 0 aromatic carbocycles. The number of carboxylic acid groups (broad SMARTS) is 2. The minimum absolute atomic E-state index is 1.17. The molecule has 4 nitrogen and oxygen atoms in total. The molecule has 0 atom stereocenters. The lowest BCUT2D eigenvalue weighted by atomic mass is 9.80. The van der Waals surface area contributed by atoms with Gasteiger partial charge in [-0.1, -0.05) is 5.92 Å². The van der Waals surface area contributed by atoms with Crippen molar-refractivity contribution in [2.75, 3.05) is 0 Å². The third kappa shape index (κ3) is 1.99. The Kier molecular flexibility index (Phi) is 2.86. The summed E-state index contributed by atoms with van der Waals surface area (Å²) >= 11 is 0. The van der Waals surface area contributed by atoms with Gasteiger partial charge in [0.25, 0.3) is 0 Å². The van der Waals surface area contributed by atoms with Crippen LogP contribution < -0.4 is 0 Å². The Morgan fingerprint density at radius 3 is 1.75 bits per heavy atom. The average molecular weight is 170 g/mol. The number of carbonyl (C=O) groups is 2. The fourth-order valence-electron chi connectivity index (χ4n) is 0.806. The van der Waals surface area contributed by atoms with E-state index < -0.39 is 23.3 Å². The molecule has 0 aromatic heterocycles. The van der Waals surface area contributed by atoms with E-state index in [4.69, 9.17) is 16.6 Å². The SMILES string of the molecule is C#CC(C)(C)C(C(=O)O)C(=O)O. The molecule has 66 valence electrons. The first-order chi connectivity index (χ1) is 5.33. The van der Waals surface area contributed by atoms with Crippen molar-refractivity contribution in [1.29, 1.82) is 0 Å². The second-order valence-corrected chi connectivity index (χ2v) is 2.98. The zero-order chi connectivity index (χ0) is 9.94. The van der Waals surface area contributed by atoms with Crippen LogP contribution in [0, 0.1) is 23.7 Å². The fourth-order valence-corrected chi connectivity index (χ4v) is 0.806.